The van der Waals surface area contributed by atoms with Gasteiger partial charge in [0.1, 0.15) is 5.75 Å². The third-order valence-electron chi connectivity index (χ3n) is 3.89. The van der Waals surface area contributed by atoms with Crippen molar-refractivity contribution in [1.29, 1.82) is 0 Å². The van der Waals surface area contributed by atoms with Crippen LogP contribution in [0.15, 0.2) is 59.6 Å². The maximum absolute atomic E-state index is 12.5. The Hall–Kier alpha value is -2.86. The molecule has 0 fully saturated rings. The van der Waals surface area contributed by atoms with E-state index < -0.39 is 0 Å². The van der Waals surface area contributed by atoms with Crippen LogP contribution < -0.4 is 10.1 Å². The molecule has 0 saturated carbocycles. The Labute approximate surface area is 148 Å². The third kappa shape index (κ3) is 3.21. The lowest BCUT2D eigenvalue weighted by Gasteiger charge is -2.18. The van der Waals surface area contributed by atoms with Gasteiger partial charge in [-0.05, 0) is 30.3 Å². The molecule has 5 nitrogen and oxygen atoms in total. The molecule has 6 heteroatoms. The number of aromatic nitrogens is 1. The summed E-state index contributed by atoms with van der Waals surface area (Å²) in [6, 6.07) is 14.9. The molecular formula is C19H14N2O3S. The molecule has 0 saturated heterocycles. The standard InChI is InChI=1S/C19H14N2O3S/c22-15(13-6-7-16-14(9-13)21-18(23)10-24-16)11-25-17-5-1-3-12-4-2-8-20-19(12)17/h1-9H,10-11H2,(H,21,23). The predicted molar refractivity (Wildman–Crippen MR) is 97.4 cm³/mol. The maximum atomic E-state index is 12.5. The van der Waals surface area contributed by atoms with Gasteiger partial charge in [0, 0.05) is 22.0 Å². The molecule has 1 N–H and O–H groups in total. The summed E-state index contributed by atoms with van der Waals surface area (Å²) in [5.74, 6) is 0.652. The van der Waals surface area contributed by atoms with E-state index in [9.17, 15) is 9.59 Å². The van der Waals surface area contributed by atoms with Gasteiger partial charge in [0.15, 0.2) is 12.4 Å². The van der Waals surface area contributed by atoms with E-state index >= 15 is 0 Å². The number of ether oxygens (including phenoxy) is 1. The van der Waals surface area contributed by atoms with Crippen LogP contribution in [0.2, 0.25) is 0 Å². The largest absolute Gasteiger partial charge is 0.482 e. The van der Waals surface area contributed by atoms with Gasteiger partial charge in [0.05, 0.1) is 17.0 Å². The second kappa shape index (κ2) is 6.57. The monoisotopic (exact) mass is 350 g/mol. The van der Waals surface area contributed by atoms with Crippen LogP contribution in [0.3, 0.4) is 0 Å². The molecule has 1 aliphatic heterocycles. The Bertz CT molecular complexity index is 982. The smallest absolute Gasteiger partial charge is 0.262 e. The van der Waals surface area contributed by atoms with Crippen molar-refractivity contribution < 1.29 is 14.3 Å². The Balaban J connectivity index is 1.52. The van der Waals surface area contributed by atoms with Crippen LogP contribution >= 0.6 is 11.8 Å². The van der Waals surface area contributed by atoms with Gasteiger partial charge < -0.3 is 10.1 Å². The fourth-order valence-corrected chi connectivity index (χ4v) is 3.61. The summed E-state index contributed by atoms with van der Waals surface area (Å²) in [6.07, 6.45) is 1.75. The molecule has 2 heterocycles. The van der Waals surface area contributed by atoms with E-state index in [0.29, 0.717) is 22.8 Å². The van der Waals surface area contributed by atoms with E-state index in [1.165, 1.54) is 11.8 Å². The molecule has 25 heavy (non-hydrogen) atoms. The zero-order valence-corrected chi connectivity index (χ0v) is 14.0. The lowest BCUT2D eigenvalue weighted by atomic mass is 10.1. The molecular weight excluding hydrogens is 336 g/mol. The number of hydrogen-bond donors (Lipinski definition) is 1. The highest BCUT2D eigenvalue weighted by Crippen LogP contribution is 2.30. The summed E-state index contributed by atoms with van der Waals surface area (Å²) in [4.78, 5) is 29.3. The highest BCUT2D eigenvalue weighted by molar-refractivity contribution is 8.00. The number of hydrogen-bond acceptors (Lipinski definition) is 5. The maximum Gasteiger partial charge on any atom is 0.262 e. The first-order valence-electron chi connectivity index (χ1n) is 7.77. The minimum atomic E-state index is -0.215. The number of nitrogens with one attached hydrogen (secondary N) is 1. The van der Waals surface area contributed by atoms with Crippen LogP contribution in [0.1, 0.15) is 10.4 Å². The Morgan fingerprint density at radius 2 is 2.08 bits per heavy atom. The van der Waals surface area contributed by atoms with Crippen LogP contribution in [0.25, 0.3) is 10.9 Å². The number of anilines is 1. The first-order valence-corrected chi connectivity index (χ1v) is 8.76. The summed E-state index contributed by atoms with van der Waals surface area (Å²) in [5, 5.41) is 3.77. The molecule has 3 aromatic rings. The van der Waals surface area contributed by atoms with Gasteiger partial charge in [-0.3, -0.25) is 14.6 Å². The topological polar surface area (TPSA) is 68.3 Å². The van der Waals surface area contributed by atoms with Gasteiger partial charge in [0.25, 0.3) is 5.91 Å². The van der Waals surface area contributed by atoms with Gasteiger partial charge in [-0.2, -0.15) is 0 Å². The minimum absolute atomic E-state index is 0.00419. The number of para-hydroxylation sites is 1. The van der Waals surface area contributed by atoms with Gasteiger partial charge in [-0.1, -0.05) is 18.2 Å². The van der Waals surface area contributed by atoms with Gasteiger partial charge in [0.2, 0.25) is 0 Å². The van der Waals surface area contributed by atoms with Crippen LogP contribution in [-0.4, -0.2) is 29.0 Å². The summed E-state index contributed by atoms with van der Waals surface area (Å²) < 4.78 is 5.31. The average Bonchev–Trinajstić information content (AvgIpc) is 2.65. The van der Waals surface area contributed by atoms with E-state index in [1.807, 2.05) is 30.3 Å². The predicted octanol–water partition coefficient (Wildman–Crippen LogP) is 3.54. The molecule has 1 amide bonds. The molecule has 4 rings (SSSR count). The first-order chi connectivity index (χ1) is 12.2. The SMILES string of the molecule is O=C1COc2ccc(C(=O)CSc3cccc4cccnc34)cc2N1. The number of fused-ring (bicyclic) bond motifs is 2. The summed E-state index contributed by atoms with van der Waals surface area (Å²) in [7, 11) is 0. The van der Waals surface area contributed by atoms with Crippen molar-refractivity contribution in [2.75, 3.05) is 17.7 Å². The number of pyridine rings is 1. The number of nitrogens with zero attached hydrogens (tertiary/aromatic N) is 1. The Kier molecular flexibility index (Phi) is 4.11. The summed E-state index contributed by atoms with van der Waals surface area (Å²) >= 11 is 1.46. The second-order valence-corrected chi connectivity index (χ2v) is 6.61. The number of rotatable bonds is 4. The van der Waals surface area contributed by atoms with Crippen molar-refractivity contribution in [1.82, 2.24) is 4.98 Å². The van der Waals surface area contributed by atoms with E-state index in [-0.39, 0.29) is 18.3 Å². The third-order valence-corrected chi connectivity index (χ3v) is 4.94. The lowest BCUT2D eigenvalue weighted by molar-refractivity contribution is -0.118. The molecule has 0 radical (unpaired) electrons. The molecule has 0 unspecified atom stereocenters. The number of carbonyl (C=O) groups is 2. The number of thioether (sulfide) groups is 1. The second-order valence-electron chi connectivity index (χ2n) is 5.59. The van der Waals surface area contributed by atoms with E-state index in [4.69, 9.17) is 4.74 Å². The fourth-order valence-electron chi connectivity index (χ4n) is 2.68. The zero-order valence-electron chi connectivity index (χ0n) is 13.2. The van der Waals surface area contributed by atoms with E-state index in [2.05, 4.69) is 10.3 Å². The fraction of sp³-hybridized carbons (Fsp3) is 0.105. The molecule has 2 aromatic carbocycles. The Morgan fingerprint density at radius 1 is 1.20 bits per heavy atom. The molecule has 0 atom stereocenters. The van der Waals surface area contributed by atoms with Crippen LogP contribution in [0, 0.1) is 0 Å². The molecule has 1 aromatic heterocycles. The van der Waals surface area contributed by atoms with Gasteiger partial charge in [-0.15, -0.1) is 11.8 Å². The molecule has 0 spiro atoms. The minimum Gasteiger partial charge on any atom is -0.482 e. The van der Waals surface area contributed by atoms with Crippen molar-refractivity contribution in [2.45, 2.75) is 4.90 Å². The summed E-state index contributed by atoms with van der Waals surface area (Å²) in [5.41, 5.74) is 1.98. The molecule has 0 bridgehead atoms. The number of ketones is 1. The molecule has 0 aliphatic carbocycles. The molecule has 1 aliphatic rings. The number of Topliss-reactive ketones (excluding diaryl/α,β-unsaturated/α-hetero) is 1. The highest BCUT2D eigenvalue weighted by Gasteiger charge is 2.18. The van der Waals surface area contributed by atoms with Gasteiger partial charge in [-0.25, -0.2) is 0 Å². The van der Waals surface area contributed by atoms with Crippen molar-refractivity contribution in [3.63, 3.8) is 0 Å². The molecule has 124 valence electrons. The van der Waals surface area contributed by atoms with E-state index in [0.717, 1.165) is 15.8 Å². The normalized spacial score (nSPS) is 13.0. The van der Waals surface area contributed by atoms with Crippen LogP contribution in [0.5, 0.6) is 5.75 Å². The van der Waals surface area contributed by atoms with Crippen molar-refractivity contribution in [3.8, 4) is 5.75 Å². The van der Waals surface area contributed by atoms with Crippen molar-refractivity contribution in [3.05, 3.63) is 60.3 Å². The van der Waals surface area contributed by atoms with Gasteiger partial charge >= 0.3 is 0 Å². The number of amides is 1. The van der Waals surface area contributed by atoms with E-state index in [1.54, 1.807) is 24.4 Å². The zero-order chi connectivity index (χ0) is 17.2. The average molecular weight is 350 g/mol. The van der Waals surface area contributed by atoms with Crippen molar-refractivity contribution >= 4 is 40.0 Å². The first kappa shape index (κ1) is 15.7. The highest BCUT2D eigenvalue weighted by atomic mass is 32.2. The van der Waals surface area contributed by atoms with Crippen molar-refractivity contribution in [2.24, 2.45) is 0 Å². The summed E-state index contributed by atoms with van der Waals surface area (Å²) in [6.45, 7) is 0.00419. The van der Waals surface area contributed by atoms with Crippen LogP contribution in [0.4, 0.5) is 5.69 Å². The lowest BCUT2D eigenvalue weighted by Crippen LogP contribution is -2.25. The Morgan fingerprint density at radius 3 is 3.00 bits per heavy atom. The number of carbonyl (C=O) groups excluding carboxylic acids is 2. The number of benzene rings is 2. The quantitative estimate of drug-likeness (QED) is 0.576. The van der Waals surface area contributed by atoms with Crippen LogP contribution in [-0.2, 0) is 4.79 Å².